The fourth-order valence-corrected chi connectivity index (χ4v) is 3.24. The number of piperazine rings is 1. The minimum atomic E-state index is -1.03. The normalized spacial score (nSPS) is 14.7. The van der Waals surface area contributed by atoms with Crippen LogP contribution in [-0.4, -0.2) is 52.5 Å². The van der Waals surface area contributed by atoms with E-state index in [2.05, 4.69) is 4.98 Å². The first-order chi connectivity index (χ1) is 13.3. The first-order valence-corrected chi connectivity index (χ1v) is 9.23. The van der Waals surface area contributed by atoms with Crippen molar-refractivity contribution in [1.29, 1.82) is 0 Å². The van der Waals surface area contributed by atoms with Crippen LogP contribution in [0, 0.1) is 10.1 Å². The van der Waals surface area contributed by atoms with E-state index in [1.807, 2.05) is 4.90 Å². The van der Waals surface area contributed by atoms with Crippen molar-refractivity contribution < 1.29 is 14.5 Å². The molecule has 1 amide bonds. The molecule has 0 unspecified atom stereocenters. The fraction of sp³-hybridized carbons (Fsp3) is 0.368. The number of carbonyl (C=O) groups is 1. The van der Waals surface area contributed by atoms with Crippen LogP contribution >= 0.6 is 11.6 Å². The van der Waals surface area contributed by atoms with Gasteiger partial charge in [-0.05, 0) is 38.1 Å². The molecule has 0 bridgehead atoms. The third-order valence-corrected chi connectivity index (χ3v) is 4.75. The lowest BCUT2D eigenvalue weighted by atomic mass is 10.1. The molecule has 0 aliphatic carbocycles. The van der Waals surface area contributed by atoms with Gasteiger partial charge in [0.1, 0.15) is 17.8 Å². The molecule has 0 atom stereocenters. The van der Waals surface area contributed by atoms with Crippen LogP contribution < -0.4 is 9.64 Å². The molecule has 1 fully saturated rings. The number of aromatic nitrogens is 1. The maximum Gasteiger partial charge on any atom is 0.287 e. The summed E-state index contributed by atoms with van der Waals surface area (Å²) in [5, 5.41) is 11.3. The predicted molar refractivity (Wildman–Crippen MR) is 106 cm³/mol. The molecule has 1 aromatic heterocycles. The molecule has 2 heterocycles. The van der Waals surface area contributed by atoms with E-state index in [0.29, 0.717) is 42.8 Å². The third-order valence-electron chi connectivity index (χ3n) is 4.52. The maximum absolute atomic E-state index is 12.9. The number of amides is 1. The zero-order valence-corrected chi connectivity index (χ0v) is 16.4. The number of nitro groups is 1. The molecule has 1 saturated heterocycles. The lowest BCUT2D eigenvalue weighted by Gasteiger charge is -2.39. The molecule has 148 valence electrons. The molecular formula is C19H21ClN4O4. The highest BCUT2D eigenvalue weighted by Gasteiger charge is 2.36. The largest absolute Gasteiger partial charge is 0.478 e. The van der Waals surface area contributed by atoms with Crippen molar-refractivity contribution >= 4 is 29.0 Å². The van der Waals surface area contributed by atoms with Crippen LogP contribution in [0.4, 0.5) is 11.5 Å². The fourth-order valence-electron chi connectivity index (χ4n) is 3.06. The summed E-state index contributed by atoms with van der Waals surface area (Å²) in [6.45, 7) is 5.67. The molecule has 0 spiro atoms. The van der Waals surface area contributed by atoms with E-state index in [-0.39, 0.29) is 11.6 Å². The molecule has 0 saturated carbocycles. The second-order valence-electron chi connectivity index (χ2n) is 6.98. The highest BCUT2D eigenvalue weighted by Crippen LogP contribution is 2.24. The Morgan fingerprint density at radius 2 is 1.93 bits per heavy atom. The van der Waals surface area contributed by atoms with Crippen molar-refractivity contribution in [2.24, 2.45) is 0 Å². The first-order valence-electron chi connectivity index (χ1n) is 8.85. The Balaban J connectivity index is 1.60. The minimum Gasteiger partial charge on any atom is -0.478 e. The van der Waals surface area contributed by atoms with Crippen molar-refractivity contribution in [2.75, 3.05) is 31.1 Å². The number of benzene rings is 1. The number of hydrogen-bond acceptors (Lipinski definition) is 6. The molecule has 3 rings (SSSR count). The lowest BCUT2D eigenvalue weighted by Crippen LogP contribution is -2.56. The van der Waals surface area contributed by atoms with Gasteiger partial charge < -0.3 is 14.5 Å². The molecule has 9 heteroatoms. The molecule has 1 aliphatic heterocycles. The summed E-state index contributed by atoms with van der Waals surface area (Å²) < 4.78 is 5.88. The smallest absolute Gasteiger partial charge is 0.287 e. The minimum absolute atomic E-state index is 0.0440. The van der Waals surface area contributed by atoms with E-state index >= 15 is 0 Å². The van der Waals surface area contributed by atoms with Gasteiger partial charge in [0, 0.05) is 37.3 Å². The Morgan fingerprint density at radius 3 is 2.50 bits per heavy atom. The van der Waals surface area contributed by atoms with Crippen LogP contribution in [0.15, 0.2) is 42.6 Å². The summed E-state index contributed by atoms with van der Waals surface area (Å²) >= 11 is 5.98. The van der Waals surface area contributed by atoms with Crippen LogP contribution in [0.3, 0.4) is 0 Å². The number of hydrogen-bond donors (Lipinski definition) is 0. The van der Waals surface area contributed by atoms with Gasteiger partial charge in [0.2, 0.25) is 0 Å². The number of pyridine rings is 1. The first kappa shape index (κ1) is 19.9. The lowest BCUT2D eigenvalue weighted by molar-refractivity contribution is -0.385. The van der Waals surface area contributed by atoms with Gasteiger partial charge in [-0.2, -0.15) is 0 Å². The predicted octanol–water partition coefficient (Wildman–Crippen LogP) is 3.15. The number of nitrogens with zero attached hydrogens (tertiary/aromatic N) is 4. The zero-order valence-electron chi connectivity index (χ0n) is 15.7. The van der Waals surface area contributed by atoms with E-state index in [4.69, 9.17) is 16.3 Å². The van der Waals surface area contributed by atoms with Gasteiger partial charge in [-0.3, -0.25) is 14.9 Å². The van der Waals surface area contributed by atoms with Crippen LogP contribution in [-0.2, 0) is 4.79 Å². The van der Waals surface area contributed by atoms with Gasteiger partial charge in [0.05, 0.1) is 4.92 Å². The van der Waals surface area contributed by atoms with Crippen molar-refractivity contribution in [2.45, 2.75) is 19.4 Å². The van der Waals surface area contributed by atoms with Gasteiger partial charge in [-0.15, -0.1) is 0 Å². The second-order valence-corrected chi connectivity index (χ2v) is 7.42. The number of ether oxygens (including phenoxy) is 1. The van der Waals surface area contributed by atoms with Crippen molar-refractivity contribution in [3.63, 3.8) is 0 Å². The summed E-state index contributed by atoms with van der Waals surface area (Å²) in [7, 11) is 0. The Hall–Kier alpha value is -2.87. The molecule has 0 radical (unpaired) electrons. The van der Waals surface area contributed by atoms with E-state index in [9.17, 15) is 14.9 Å². The van der Waals surface area contributed by atoms with Gasteiger partial charge in [-0.25, -0.2) is 4.98 Å². The monoisotopic (exact) mass is 404 g/mol. The zero-order chi connectivity index (χ0) is 20.3. The number of rotatable bonds is 5. The SMILES string of the molecule is CC(C)(Oc1cccc(Cl)c1)C(=O)N1CCN(c2ccc([N+](=O)[O-])cn2)CC1. The molecule has 0 N–H and O–H groups in total. The summed E-state index contributed by atoms with van der Waals surface area (Å²) in [5.74, 6) is 1.09. The Kier molecular flexibility index (Phi) is 5.69. The quantitative estimate of drug-likeness (QED) is 0.561. The average Bonchev–Trinajstić information content (AvgIpc) is 2.67. The Labute approximate surface area is 167 Å². The molecule has 8 nitrogen and oxygen atoms in total. The highest BCUT2D eigenvalue weighted by molar-refractivity contribution is 6.30. The van der Waals surface area contributed by atoms with Crippen molar-refractivity contribution in [1.82, 2.24) is 9.88 Å². The van der Waals surface area contributed by atoms with E-state index < -0.39 is 10.5 Å². The second kappa shape index (κ2) is 8.02. The number of anilines is 1. The van der Waals surface area contributed by atoms with Crippen LogP contribution in [0.2, 0.25) is 5.02 Å². The Morgan fingerprint density at radius 1 is 1.21 bits per heavy atom. The van der Waals surface area contributed by atoms with Crippen LogP contribution in [0.5, 0.6) is 5.75 Å². The molecule has 1 aromatic carbocycles. The van der Waals surface area contributed by atoms with Gasteiger partial charge in [-0.1, -0.05) is 17.7 Å². The van der Waals surface area contributed by atoms with Crippen LogP contribution in [0.25, 0.3) is 0 Å². The summed E-state index contributed by atoms with van der Waals surface area (Å²) in [6.07, 6.45) is 1.24. The molecule has 28 heavy (non-hydrogen) atoms. The third kappa shape index (κ3) is 4.51. The van der Waals surface area contributed by atoms with Crippen molar-refractivity contribution in [3.05, 3.63) is 57.7 Å². The van der Waals surface area contributed by atoms with E-state index in [1.165, 1.54) is 12.3 Å². The summed E-state index contributed by atoms with van der Waals surface area (Å²) in [6, 6.07) is 10.0. The number of carbonyl (C=O) groups excluding carboxylic acids is 1. The summed E-state index contributed by atoms with van der Waals surface area (Å²) in [5.41, 5.74) is -1.07. The molecule has 2 aromatic rings. The van der Waals surface area contributed by atoms with E-state index in [0.717, 1.165) is 0 Å². The Bertz CT molecular complexity index is 864. The van der Waals surface area contributed by atoms with Gasteiger partial charge in [0.15, 0.2) is 5.60 Å². The standard InChI is InChI=1S/C19H21ClN4O4/c1-19(2,28-16-5-3-4-14(20)12-16)18(25)23-10-8-22(9-11-23)17-7-6-15(13-21-17)24(26)27/h3-7,12-13H,8-11H2,1-2H3. The molecule has 1 aliphatic rings. The average molecular weight is 405 g/mol. The van der Waals surface area contributed by atoms with Gasteiger partial charge >= 0.3 is 0 Å². The number of halogens is 1. The van der Waals surface area contributed by atoms with Crippen molar-refractivity contribution in [3.8, 4) is 5.75 Å². The topological polar surface area (TPSA) is 88.8 Å². The van der Waals surface area contributed by atoms with E-state index in [1.54, 1.807) is 49.1 Å². The summed E-state index contributed by atoms with van der Waals surface area (Å²) in [4.78, 5) is 31.1. The molecular weight excluding hydrogens is 384 g/mol. The van der Waals surface area contributed by atoms with Gasteiger partial charge in [0.25, 0.3) is 11.6 Å². The highest BCUT2D eigenvalue weighted by atomic mass is 35.5. The van der Waals surface area contributed by atoms with Crippen LogP contribution in [0.1, 0.15) is 13.8 Å². The maximum atomic E-state index is 12.9.